The predicted octanol–water partition coefficient (Wildman–Crippen LogP) is 8.93. The minimum atomic E-state index is -0.253. The van der Waals surface area contributed by atoms with Gasteiger partial charge in [0.15, 0.2) is 0 Å². The minimum absolute atomic E-state index is 0.148. The third-order valence-electron chi connectivity index (χ3n) is 6.01. The Hall–Kier alpha value is -3.84. The average Bonchev–Trinajstić information content (AvgIpc) is 2.97. The van der Waals surface area contributed by atoms with E-state index in [-0.39, 0.29) is 18.0 Å². The molecule has 3 aromatic rings. The summed E-state index contributed by atoms with van der Waals surface area (Å²) in [6, 6.07) is 16.3. The van der Waals surface area contributed by atoms with E-state index in [1.807, 2.05) is 70.2 Å². The molecule has 0 amide bonds. The number of halogens is 1. The lowest BCUT2D eigenvalue weighted by atomic mass is 10.1. The summed E-state index contributed by atoms with van der Waals surface area (Å²) < 4.78 is 36.9. The van der Waals surface area contributed by atoms with E-state index in [0.717, 1.165) is 41.0 Å². The van der Waals surface area contributed by atoms with Gasteiger partial charge in [-0.25, -0.2) is 9.37 Å². The molecule has 2 unspecified atom stereocenters. The number of nitrogens with zero attached hydrogens (tertiary/aromatic N) is 1. The molecule has 3 rings (SSSR count). The summed E-state index contributed by atoms with van der Waals surface area (Å²) in [6.45, 7) is 12.5. The summed E-state index contributed by atoms with van der Waals surface area (Å²) in [6.07, 6.45) is 7.85. The lowest BCUT2D eigenvalue weighted by molar-refractivity contribution is 0.0917. The van der Waals surface area contributed by atoms with Crippen molar-refractivity contribution in [1.29, 1.82) is 0 Å². The Bertz CT molecular complexity index is 1270. The normalized spacial score (nSPS) is 13.0. The molecule has 42 heavy (non-hydrogen) atoms. The van der Waals surface area contributed by atoms with Crippen molar-refractivity contribution in [3.63, 3.8) is 0 Å². The van der Waals surface area contributed by atoms with Crippen LogP contribution >= 0.6 is 0 Å². The first-order valence-corrected chi connectivity index (χ1v) is 14.7. The maximum atomic E-state index is 13.7. The highest BCUT2D eigenvalue weighted by Crippen LogP contribution is 2.30. The SMILES string of the molecule is CC.CC/C=C(/Nc1ccc(/C(=C\CC)OC)cn1)c1cc(OC(C)COC)cc(OC(C)Cc2cccc(F)c2)c1. The van der Waals surface area contributed by atoms with Crippen molar-refractivity contribution in [3.05, 3.63) is 95.5 Å². The first-order chi connectivity index (χ1) is 20.3. The molecule has 228 valence electrons. The van der Waals surface area contributed by atoms with Gasteiger partial charge in [0, 0.05) is 42.6 Å². The van der Waals surface area contributed by atoms with Gasteiger partial charge in [-0.15, -0.1) is 0 Å². The third-order valence-corrected chi connectivity index (χ3v) is 6.01. The fraction of sp³-hybridized carbons (Fsp3) is 0.400. The first-order valence-electron chi connectivity index (χ1n) is 14.7. The van der Waals surface area contributed by atoms with Gasteiger partial charge in [-0.3, -0.25) is 0 Å². The summed E-state index contributed by atoms with van der Waals surface area (Å²) in [5.41, 5.74) is 3.57. The van der Waals surface area contributed by atoms with Crippen molar-refractivity contribution in [2.24, 2.45) is 0 Å². The van der Waals surface area contributed by atoms with Crippen molar-refractivity contribution < 1.29 is 23.3 Å². The Morgan fingerprint density at radius 1 is 0.881 bits per heavy atom. The van der Waals surface area contributed by atoms with E-state index in [1.54, 1.807) is 26.5 Å². The van der Waals surface area contributed by atoms with Crippen LogP contribution in [0.2, 0.25) is 0 Å². The van der Waals surface area contributed by atoms with Crippen LogP contribution in [-0.2, 0) is 15.9 Å². The molecule has 0 fully saturated rings. The van der Waals surface area contributed by atoms with E-state index >= 15 is 0 Å². The molecule has 0 radical (unpaired) electrons. The van der Waals surface area contributed by atoms with Crippen LogP contribution in [0.15, 0.2) is 72.9 Å². The summed E-state index contributed by atoms with van der Waals surface area (Å²) in [5.74, 6) is 2.57. The van der Waals surface area contributed by atoms with Gasteiger partial charge in [-0.1, -0.05) is 45.9 Å². The number of methoxy groups -OCH3 is 2. The molecule has 0 saturated carbocycles. The van der Waals surface area contributed by atoms with Crippen LogP contribution in [0.5, 0.6) is 11.5 Å². The fourth-order valence-electron chi connectivity index (χ4n) is 4.34. The molecule has 0 aliphatic carbocycles. The maximum Gasteiger partial charge on any atom is 0.130 e. The monoisotopic (exact) mass is 578 g/mol. The predicted molar refractivity (Wildman–Crippen MR) is 171 cm³/mol. The molecule has 0 bridgehead atoms. The molecule has 0 saturated heterocycles. The Labute approximate surface area is 251 Å². The van der Waals surface area contributed by atoms with Gasteiger partial charge in [-0.05, 0) is 74.7 Å². The molecule has 1 heterocycles. The molecule has 1 N–H and O–H groups in total. The molecule has 2 atom stereocenters. The second kappa shape index (κ2) is 18.6. The molecule has 2 aromatic carbocycles. The number of aromatic nitrogens is 1. The van der Waals surface area contributed by atoms with E-state index < -0.39 is 0 Å². The van der Waals surface area contributed by atoms with E-state index in [1.165, 1.54) is 12.1 Å². The highest BCUT2D eigenvalue weighted by Gasteiger charge is 2.14. The second-order valence-electron chi connectivity index (χ2n) is 9.60. The van der Waals surface area contributed by atoms with E-state index in [2.05, 4.69) is 30.2 Å². The largest absolute Gasteiger partial charge is 0.496 e. The molecular weight excluding hydrogens is 531 g/mol. The quantitative estimate of drug-likeness (QED) is 0.182. The van der Waals surface area contributed by atoms with Crippen molar-refractivity contribution in [1.82, 2.24) is 4.98 Å². The van der Waals surface area contributed by atoms with Crippen molar-refractivity contribution in [2.75, 3.05) is 26.1 Å². The van der Waals surface area contributed by atoms with Gasteiger partial charge in [0.2, 0.25) is 0 Å². The molecule has 6 nitrogen and oxygen atoms in total. The van der Waals surface area contributed by atoms with Crippen LogP contribution in [0.4, 0.5) is 10.2 Å². The van der Waals surface area contributed by atoms with Crippen LogP contribution in [-0.4, -0.2) is 38.0 Å². The molecular formula is C35H47FN2O4. The van der Waals surface area contributed by atoms with Gasteiger partial charge in [0.05, 0.1) is 19.8 Å². The van der Waals surface area contributed by atoms with E-state index in [0.29, 0.717) is 30.3 Å². The number of rotatable bonds is 15. The highest BCUT2D eigenvalue weighted by atomic mass is 19.1. The topological polar surface area (TPSA) is 61.8 Å². The zero-order chi connectivity index (χ0) is 30.9. The highest BCUT2D eigenvalue weighted by molar-refractivity contribution is 5.77. The van der Waals surface area contributed by atoms with Crippen LogP contribution < -0.4 is 14.8 Å². The van der Waals surface area contributed by atoms with Gasteiger partial charge in [0.25, 0.3) is 0 Å². The van der Waals surface area contributed by atoms with E-state index in [4.69, 9.17) is 18.9 Å². The minimum Gasteiger partial charge on any atom is -0.496 e. The Morgan fingerprint density at radius 2 is 1.57 bits per heavy atom. The summed E-state index contributed by atoms with van der Waals surface area (Å²) >= 11 is 0. The van der Waals surface area contributed by atoms with Gasteiger partial charge in [-0.2, -0.15) is 0 Å². The molecule has 0 aliphatic heterocycles. The lowest BCUT2D eigenvalue weighted by Gasteiger charge is -2.20. The zero-order valence-electron chi connectivity index (χ0n) is 26.4. The van der Waals surface area contributed by atoms with Crippen molar-refractivity contribution in [3.8, 4) is 11.5 Å². The number of anilines is 1. The Balaban J connectivity index is 0.00000301. The van der Waals surface area contributed by atoms with Crippen LogP contribution in [0, 0.1) is 5.82 Å². The number of allylic oxidation sites excluding steroid dienone is 2. The molecule has 1 aromatic heterocycles. The van der Waals surface area contributed by atoms with Crippen LogP contribution in [0.1, 0.15) is 71.1 Å². The third kappa shape index (κ3) is 11.2. The Morgan fingerprint density at radius 3 is 2.14 bits per heavy atom. The summed E-state index contributed by atoms with van der Waals surface area (Å²) in [5, 5.41) is 3.46. The smallest absolute Gasteiger partial charge is 0.130 e. The molecule has 0 aliphatic rings. The number of benzene rings is 2. The van der Waals surface area contributed by atoms with Crippen molar-refractivity contribution in [2.45, 2.75) is 73.0 Å². The lowest BCUT2D eigenvalue weighted by Crippen LogP contribution is -2.19. The van der Waals surface area contributed by atoms with Crippen LogP contribution in [0.25, 0.3) is 11.5 Å². The second-order valence-corrected chi connectivity index (χ2v) is 9.60. The number of nitrogens with one attached hydrogen (secondary N) is 1. The Kier molecular flexibility index (Phi) is 15.2. The van der Waals surface area contributed by atoms with Gasteiger partial charge < -0.3 is 24.3 Å². The van der Waals surface area contributed by atoms with Crippen LogP contribution in [0.3, 0.4) is 0 Å². The zero-order valence-corrected chi connectivity index (χ0v) is 26.4. The number of pyridine rings is 1. The standard InChI is InChI=1S/C33H41FN2O4.C2H6/c1-7-10-31(36-33-15-14-26(21-35-33)32(38-6)11-8-2)27-18-29(20-30(19-27)40-24(4)22-37-5)39-23(3)16-25-12-9-13-28(34)17-25;1-2/h9-15,17-21,23-24H,7-8,16,22H2,1-6H3,(H,35,36);1-2H3/b31-10+,32-11+;. The summed E-state index contributed by atoms with van der Waals surface area (Å²) in [7, 11) is 3.31. The van der Waals surface area contributed by atoms with E-state index in [9.17, 15) is 4.39 Å². The van der Waals surface area contributed by atoms with Gasteiger partial charge >= 0.3 is 0 Å². The molecule has 0 spiro atoms. The summed E-state index contributed by atoms with van der Waals surface area (Å²) in [4.78, 5) is 4.61. The average molecular weight is 579 g/mol. The molecule has 7 heteroatoms. The number of ether oxygens (including phenoxy) is 4. The number of hydrogen-bond acceptors (Lipinski definition) is 6. The first kappa shape index (κ1) is 34.4. The maximum absolute atomic E-state index is 13.7. The fourth-order valence-corrected chi connectivity index (χ4v) is 4.34. The van der Waals surface area contributed by atoms with Gasteiger partial charge in [0.1, 0.15) is 35.0 Å². The number of hydrogen-bond donors (Lipinski definition) is 1. The van der Waals surface area contributed by atoms with Crippen molar-refractivity contribution >= 4 is 17.3 Å².